The van der Waals surface area contributed by atoms with E-state index >= 15 is 0 Å². The zero-order valence-electron chi connectivity index (χ0n) is 41.7. The summed E-state index contributed by atoms with van der Waals surface area (Å²) in [6.07, 6.45) is 19.9. The maximum atomic E-state index is 13.4. The summed E-state index contributed by atoms with van der Waals surface area (Å²) >= 11 is 0. The summed E-state index contributed by atoms with van der Waals surface area (Å²) in [5.74, 6) is 0.0930. The number of carbonyl (C=O) groups excluding carboxylic acids is 1. The Balaban J connectivity index is 2.27. The summed E-state index contributed by atoms with van der Waals surface area (Å²) in [7, 11) is -14.8. The average Bonchev–Trinajstić information content (AvgIpc) is 3.29. The number of ether oxygens (including phenoxy) is 4. The molecule has 1 aliphatic rings. The van der Waals surface area contributed by atoms with Crippen molar-refractivity contribution < 1.29 is 80.3 Å². The zero-order valence-corrected chi connectivity index (χ0v) is 44.2. The van der Waals surface area contributed by atoms with Gasteiger partial charge in [0.25, 0.3) is 0 Å². The first-order valence-corrected chi connectivity index (χ1v) is 29.5. The van der Waals surface area contributed by atoms with Gasteiger partial charge in [-0.1, -0.05) is 179 Å². The van der Waals surface area contributed by atoms with Gasteiger partial charge in [0.1, 0.15) is 30.2 Å². The molecule has 1 aromatic rings. The molecule has 0 spiro atoms. The molecule has 408 valence electrons. The monoisotopic (exact) mass is 1060 g/mol. The number of hydrogen-bond acceptors (Lipinski definition) is 15. The predicted molar refractivity (Wildman–Crippen MR) is 265 cm³/mol. The minimum Gasteiger partial charge on any atom is -0.497 e. The molecule has 1 fully saturated rings. The summed E-state index contributed by atoms with van der Waals surface area (Å²) in [6.45, 7) is 2.22. The van der Waals surface area contributed by atoms with E-state index in [1.54, 1.807) is 30.3 Å². The van der Waals surface area contributed by atoms with Crippen molar-refractivity contribution >= 4 is 37.1 Å². The molecule has 0 unspecified atom stereocenters. The second-order valence-electron chi connectivity index (χ2n) is 18.1. The lowest BCUT2D eigenvalue weighted by Crippen LogP contribution is -2.63. The van der Waals surface area contributed by atoms with Crippen LogP contribution in [-0.4, -0.2) is 113 Å². The van der Waals surface area contributed by atoms with Crippen molar-refractivity contribution in [2.24, 2.45) is 0 Å². The van der Waals surface area contributed by atoms with Crippen molar-refractivity contribution in [1.82, 2.24) is 5.32 Å². The molecule has 0 aromatic heterocycles. The minimum absolute atomic E-state index is 0.144. The van der Waals surface area contributed by atoms with Gasteiger partial charge in [-0.05, 0) is 37.0 Å². The molecule has 5 N–H and O–H groups in total. The van der Waals surface area contributed by atoms with Crippen LogP contribution in [0, 0.1) is 0 Å². The predicted octanol–water partition coefficient (Wildman–Crippen LogP) is 9.10. The van der Waals surface area contributed by atoms with E-state index in [1.165, 1.54) is 109 Å². The van der Waals surface area contributed by atoms with E-state index in [9.17, 15) is 48.8 Å². The second kappa shape index (κ2) is 36.6. The number of benzene rings is 1. The third-order valence-corrected chi connectivity index (χ3v) is 13.4. The molecule has 1 aromatic carbocycles. The highest BCUT2D eigenvalue weighted by atomic mass is 32.3. The van der Waals surface area contributed by atoms with E-state index in [1.807, 2.05) is 0 Å². The Hall–Kier alpha value is -2.32. The van der Waals surface area contributed by atoms with Crippen LogP contribution >= 0.6 is 0 Å². The first-order valence-electron chi connectivity index (χ1n) is 25.4. The van der Waals surface area contributed by atoms with Crippen LogP contribution in [0.25, 0.3) is 0 Å². The molecule has 1 aliphatic heterocycles. The van der Waals surface area contributed by atoms with Crippen molar-refractivity contribution in [3.63, 3.8) is 0 Å². The number of aliphatic hydroxyl groups excluding tert-OH is 1. The number of allylic oxidation sites excluding steroid dienone is 1. The largest absolute Gasteiger partial charge is 0.497 e. The van der Waals surface area contributed by atoms with Crippen LogP contribution in [0.2, 0.25) is 0 Å². The van der Waals surface area contributed by atoms with Gasteiger partial charge >= 0.3 is 31.2 Å². The Morgan fingerprint density at radius 3 is 1.59 bits per heavy atom. The van der Waals surface area contributed by atoms with Gasteiger partial charge in [-0.15, -0.1) is 0 Å². The normalized spacial score (nSPS) is 19.9. The maximum Gasteiger partial charge on any atom is 0.397 e. The summed E-state index contributed by atoms with van der Waals surface area (Å²) < 4.78 is 138. The molecule has 2 rings (SSSR count). The molecule has 19 nitrogen and oxygen atoms in total. The van der Waals surface area contributed by atoms with E-state index in [-0.39, 0.29) is 18.9 Å². The Morgan fingerprint density at radius 1 is 0.643 bits per heavy atom. The van der Waals surface area contributed by atoms with E-state index in [4.69, 9.17) is 27.3 Å². The van der Waals surface area contributed by atoms with Gasteiger partial charge in [0.15, 0.2) is 6.29 Å². The van der Waals surface area contributed by atoms with Gasteiger partial charge in [-0.2, -0.15) is 25.3 Å². The number of hydrogen-bond donors (Lipinski definition) is 5. The highest BCUT2D eigenvalue weighted by molar-refractivity contribution is 7.81. The third kappa shape index (κ3) is 31.3. The smallest absolute Gasteiger partial charge is 0.397 e. The van der Waals surface area contributed by atoms with Crippen LogP contribution in [0.15, 0.2) is 36.4 Å². The number of rotatable bonds is 43. The van der Waals surface area contributed by atoms with Crippen molar-refractivity contribution in [3.8, 4) is 5.75 Å². The van der Waals surface area contributed by atoms with E-state index in [2.05, 4.69) is 23.3 Å². The lowest BCUT2D eigenvalue weighted by molar-refractivity contribution is -0.304. The van der Waals surface area contributed by atoms with Crippen LogP contribution < -0.4 is 10.1 Å². The van der Waals surface area contributed by atoms with Crippen LogP contribution in [-0.2, 0) is 69.4 Å². The summed E-state index contributed by atoms with van der Waals surface area (Å²) in [5, 5.41) is 14.3. The SMILES string of the molecule is CCCCCCCCCCCCC/C=C/[C@@H](O)[C@H](CO[C@H]1O[C@H](COS(=O)(=O)O)[C@H](OS(=O)(=O)O)[C@H](OS(=O)(=O)O)[C@H]1OCc1ccc(OC)cc1)NC(=O)CCCCCCCCCCCCCCC. The van der Waals surface area contributed by atoms with Crippen LogP contribution in [0.1, 0.15) is 186 Å². The minimum atomic E-state index is -5.52. The maximum absolute atomic E-state index is 13.4. The quantitative estimate of drug-likeness (QED) is 0.0232. The Labute approximate surface area is 419 Å². The van der Waals surface area contributed by atoms with Gasteiger partial charge in [0, 0.05) is 6.42 Å². The standard InChI is InChI=1S/C48H85NO18S3/c1-4-6-8-10-12-14-16-18-20-22-24-26-28-30-42(50)41(49-44(51)31-29-27-25-23-21-19-17-15-13-11-9-7-5-2)37-63-48-47(62-36-39-32-34-40(61-3)35-33-39)46(67-70(58,59)60)45(66-69(55,56)57)43(65-48)38-64-68(52,53)54/h28,30,32-35,41-43,45-48,50H,4-27,29,31,36-38H2,1-3H3,(H,49,51)(H,52,53,54)(H,55,56,57)(H,58,59,60)/b30-28+/t41-,42+,43+,45-,46-,47+,48-/m0/s1. The van der Waals surface area contributed by atoms with Crippen molar-refractivity contribution in [2.45, 2.75) is 230 Å². The molecule has 1 saturated heterocycles. The first-order chi connectivity index (χ1) is 33.4. The van der Waals surface area contributed by atoms with Gasteiger partial charge in [0.05, 0.1) is 39.1 Å². The number of unbranched alkanes of at least 4 members (excludes halogenated alkanes) is 23. The third-order valence-electron chi connectivity index (χ3n) is 12.1. The van der Waals surface area contributed by atoms with Crippen LogP contribution in [0.3, 0.4) is 0 Å². The number of carbonyl (C=O) groups is 1. The molecule has 1 heterocycles. The van der Waals surface area contributed by atoms with Gasteiger partial charge in [-0.3, -0.25) is 18.5 Å². The van der Waals surface area contributed by atoms with Crippen molar-refractivity contribution in [3.05, 3.63) is 42.0 Å². The highest BCUT2D eigenvalue weighted by Gasteiger charge is 2.53. The second-order valence-corrected chi connectivity index (χ2v) is 21.3. The molecule has 0 aliphatic carbocycles. The average molecular weight is 1060 g/mol. The van der Waals surface area contributed by atoms with Crippen LogP contribution in [0.4, 0.5) is 0 Å². The molecule has 22 heteroatoms. The topological polar surface area (TPSA) is 277 Å². The molecule has 70 heavy (non-hydrogen) atoms. The first kappa shape index (κ1) is 63.8. The Morgan fingerprint density at radius 2 is 1.11 bits per heavy atom. The zero-order chi connectivity index (χ0) is 51.7. The molecule has 0 bridgehead atoms. The summed E-state index contributed by atoms with van der Waals surface area (Å²) in [5.41, 5.74) is 0.450. The molecule has 7 atom stereocenters. The number of nitrogens with one attached hydrogen (secondary N) is 1. The number of aliphatic hydroxyl groups is 1. The van der Waals surface area contributed by atoms with E-state index in [0.29, 0.717) is 24.2 Å². The summed E-state index contributed by atoms with van der Waals surface area (Å²) in [6, 6.07) is 5.16. The fraction of sp³-hybridized carbons (Fsp3) is 0.812. The molecule has 0 radical (unpaired) electrons. The Bertz CT molecular complexity index is 1890. The summed E-state index contributed by atoms with van der Waals surface area (Å²) in [4.78, 5) is 13.4. The van der Waals surface area contributed by atoms with Gasteiger partial charge in [-0.25, -0.2) is 12.5 Å². The lowest BCUT2D eigenvalue weighted by Gasteiger charge is -2.44. The van der Waals surface area contributed by atoms with Crippen molar-refractivity contribution in [2.75, 3.05) is 20.3 Å². The van der Waals surface area contributed by atoms with E-state index in [0.717, 1.165) is 51.4 Å². The molecular formula is C48H85NO18S3. The number of amides is 1. The Kier molecular flexibility index (Phi) is 33.3. The lowest BCUT2D eigenvalue weighted by atomic mass is 9.99. The van der Waals surface area contributed by atoms with Crippen molar-refractivity contribution in [1.29, 1.82) is 0 Å². The fourth-order valence-electron chi connectivity index (χ4n) is 8.20. The van der Waals surface area contributed by atoms with Gasteiger partial charge in [0.2, 0.25) is 5.91 Å². The fourth-order valence-corrected chi connectivity index (χ4v) is 9.52. The molecule has 1 amide bonds. The number of methoxy groups -OCH3 is 1. The molecule has 0 saturated carbocycles. The highest BCUT2D eigenvalue weighted by Crippen LogP contribution is 2.32. The van der Waals surface area contributed by atoms with E-state index < -0.39 is 87.3 Å². The van der Waals surface area contributed by atoms with Gasteiger partial charge < -0.3 is 29.4 Å². The molecular weight excluding hydrogens is 975 g/mol. The van der Waals surface area contributed by atoms with Crippen LogP contribution in [0.5, 0.6) is 5.75 Å².